The van der Waals surface area contributed by atoms with E-state index in [-0.39, 0.29) is 0 Å². The van der Waals surface area contributed by atoms with Crippen LogP contribution in [0.4, 0.5) is 0 Å². The first-order chi connectivity index (χ1) is 9.72. The number of fused-ring (bicyclic) bond motifs is 1. The fraction of sp³-hybridized carbons (Fsp3) is 0.250. The fourth-order valence-electron chi connectivity index (χ4n) is 2.50. The summed E-state index contributed by atoms with van der Waals surface area (Å²) in [5, 5.41) is 10.4. The van der Waals surface area contributed by atoms with Crippen LogP contribution in [0, 0.1) is 6.92 Å². The van der Waals surface area contributed by atoms with Gasteiger partial charge < -0.3 is 5.11 Å². The molecule has 3 heterocycles. The number of aliphatic hydroxyl groups is 1. The van der Waals surface area contributed by atoms with Gasteiger partial charge in [-0.2, -0.15) is 0 Å². The zero-order valence-corrected chi connectivity index (χ0v) is 11.6. The van der Waals surface area contributed by atoms with Crippen molar-refractivity contribution in [2.75, 3.05) is 0 Å². The number of pyridine rings is 2. The average molecular weight is 267 g/mol. The second kappa shape index (κ2) is 5.06. The average Bonchev–Trinajstić information content (AvgIpc) is 2.88. The predicted molar refractivity (Wildman–Crippen MR) is 78.4 cm³/mol. The number of imidazole rings is 1. The smallest absolute Gasteiger partial charge is 0.137 e. The molecule has 1 unspecified atom stereocenters. The standard InChI is InChI=1S/C16H17N3O/c1-3-13(20)16-15(12-7-5-9-17-10-12)18-14-8-4-6-11(2)19(14)16/h4-10,13,20H,3H2,1-2H3. The third kappa shape index (κ3) is 1.98. The molecule has 0 aliphatic heterocycles. The second-order valence-corrected chi connectivity index (χ2v) is 4.87. The summed E-state index contributed by atoms with van der Waals surface area (Å²) in [6.07, 6.45) is 3.63. The lowest BCUT2D eigenvalue weighted by atomic mass is 10.1. The number of hydrogen-bond donors (Lipinski definition) is 1. The molecule has 0 saturated carbocycles. The lowest BCUT2D eigenvalue weighted by Gasteiger charge is -2.12. The molecule has 1 N–H and O–H groups in total. The molecular formula is C16H17N3O. The molecule has 0 radical (unpaired) electrons. The maximum Gasteiger partial charge on any atom is 0.137 e. The Kier molecular flexibility index (Phi) is 3.24. The highest BCUT2D eigenvalue weighted by molar-refractivity contribution is 5.66. The topological polar surface area (TPSA) is 50.4 Å². The van der Waals surface area contributed by atoms with E-state index in [9.17, 15) is 5.11 Å². The van der Waals surface area contributed by atoms with Gasteiger partial charge in [0.05, 0.1) is 17.5 Å². The van der Waals surface area contributed by atoms with Crippen LogP contribution in [0.1, 0.15) is 30.8 Å². The van der Waals surface area contributed by atoms with Crippen molar-refractivity contribution in [1.82, 2.24) is 14.4 Å². The van der Waals surface area contributed by atoms with Crippen LogP contribution in [-0.2, 0) is 0 Å². The quantitative estimate of drug-likeness (QED) is 0.793. The van der Waals surface area contributed by atoms with Crippen LogP contribution in [0.25, 0.3) is 16.9 Å². The molecule has 1 atom stereocenters. The highest BCUT2D eigenvalue weighted by Crippen LogP contribution is 2.30. The lowest BCUT2D eigenvalue weighted by molar-refractivity contribution is 0.168. The number of rotatable bonds is 3. The molecule has 0 spiro atoms. The van der Waals surface area contributed by atoms with Crippen LogP contribution in [-0.4, -0.2) is 19.5 Å². The summed E-state index contributed by atoms with van der Waals surface area (Å²) in [5.74, 6) is 0. The Bertz CT molecular complexity index is 734. The van der Waals surface area contributed by atoms with Crippen molar-refractivity contribution < 1.29 is 5.11 Å². The Labute approximate surface area is 117 Å². The third-order valence-electron chi connectivity index (χ3n) is 3.51. The van der Waals surface area contributed by atoms with Gasteiger partial charge in [0.1, 0.15) is 5.65 Å². The van der Waals surface area contributed by atoms with Crippen molar-refractivity contribution in [3.8, 4) is 11.3 Å². The molecule has 4 nitrogen and oxygen atoms in total. The minimum Gasteiger partial charge on any atom is -0.387 e. The van der Waals surface area contributed by atoms with E-state index in [4.69, 9.17) is 0 Å². The summed E-state index contributed by atoms with van der Waals surface area (Å²) in [5.41, 5.74) is 4.49. The van der Waals surface area contributed by atoms with Crippen LogP contribution in [0.15, 0.2) is 42.7 Å². The summed E-state index contributed by atoms with van der Waals surface area (Å²) in [6.45, 7) is 3.99. The summed E-state index contributed by atoms with van der Waals surface area (Å²) in [7, 11) is 0. The monoisotopic (exact) mass is 267 g/mol. The Hall–Kier alpha value is -2.20. The maximum atomic E-state index is 10.4. The van der Waals surface area contributed by atoms with Gasteiger partial charge in [-0.1, -0.05) is 13.0 Å². The normalized spacial score (nSPS) is 12.8. The van der Waals surface area contributed by atoms with Crippen molar-refractivity contribution >= 4 is 5.65 Å². The Morgan fingerprint density at radius 3 is 2.80 bits per heavy atom. The predicted octanol–water partition coefficient (Wildman–Crippen LogP) is 3.15. The van der Waals surface area contributed by atoms with Gasteiger partial charge in [0.25, 0.3) is 0 Å². The largest absolute Gasteiger partial charge is 0.387 e. The minimum absolute atomic E-state index is 0.540. The summed E-state index contributed by atoms with van der Waals surface area (Å²) >= 11 is 0. The first-order valence-electron chi connectivity index (χ1n) is 6.78. The molecule has 0 bridgehead atoms. The summed E-state index contributed by atoms with van der Waals surface area (Å²) < 4.78 is 2.02. The molecule has 0 aromatic carbocycles. The molecule has 102 valence electrons. The third-order valence-corrected chi connectivity index (χ3v) is 3.51. The molecule has 0 aliphatic carbocycles. The number of aryl methyl sites for hydroxylation is 1. The molecule has 0 saturated heterocycles. The van der Waals surface area contributed by atoms with Gasteiger partial charge in [-0.25, -0.2) is 4.98 Å². The summed E-state index contributed by atoms with van der Waals surface area (Å²) in [6, 6.07) is 9.81. The highest BCUT2D eigenvalue weighted by atomic mass is 16.3. The van der Waals surface area contributed by atoms with E-state index >= 15 is 0 Å². The zero-order chi connectivity index (χ0) is 14.1. The van der Waals surface area contributed by atoms with Crippen LogP contribution >= 0.6 is 0 Å². The van der Waals surface area contributed by atoms with E-state index in [1.54, 1.807) is 12.4 Å². The molecule has 3 aromatic heterocycles. The van der Waals surface area contributed by atoms with Gasteiger partial charge in [-0.05, 0) is 37.6 Å². The van der Waals surface area contributed by atoms with Crippen molar-refractivity contribution in [2.45, 2.75) is 26.4 Å². The molecule has 0 amide bonds. The number of hydrogen-bond acceptors (Lipinski definition) is 3. The van der Waals surface area contributed by atoms with Gasteiger partial charge in [0, 0.05) is 23.7 Å². The number of aromatic nitrogens is 3. The lowest BCUT2D eigenvalue weighted by Crippen LogP contribution is -2.04. The second-order valence-electron chi connectivity index (χ2n) is 4.87. The van der Waals surface area contributed by atoms with E-state index in [1.807, 2.05) is 48.6 Å². The van der Waals surface area contributed by atoms with Crippen LogP contribution in [0.5, 0.6) is 0 Å². The molecule has 4 heteroatoms. The molecule has 3 aromatic rings. The first kappa shape index (κ1) is 12.8. The van der Waals surface area contributed by atoms with Crippen LogP contribution < -0.4 is 0 Å². The van der Waals surface area contributed by atoms with Gasteiger partial charge in [-0.15, -0.1) is 0 Å². The molecular weight excluding hydrogens is 250 g/mol. The van der Waals surface area contributed by atoms with Gasteiger partial charge in [0.15, 0.2) is 0 Å². The van der Waals surface area contributed by atoms with Crippen LogP contribution in [0.2, 0.25) is 0 Å². The zero-order valence-electron chi connectivity index (χ0n) is 11.6. The molecule has 0 fully saturated rings. The number of nitrogens with zero attached hydrogens (tertiary/aromatic N) is 3. The molecule has 3 rings (SSSR count). The van der Waals surface area contributed by atoms with Gasteiger partial charge in [-0.3, -0.25) is 9.38 Å². The van der Waals surface area contributed by atoms with E-state index in [2.05, 4.69) is 9.97 Å². The van der Waals surface area contributed by atoms with Crippen molar-refractivity contribution in [3.05, 3.63) is 54.1 Å². The van der Waals surface area contributed by atoms with Gasteiger partial charge >= 0.3 is 0 Å². The molecule has 0 aliphatic rings. The van der Waals surface area contributed by atoms with E-state index in [1.165, 1.54) is 0 Å². The van der Waals surface area contributed by atoms with Crippen molar-refractivity contribution in [3.63, 3.8) is 0 Å². The SMILES string of the molecule is CCC(O)c1c(-c2cccnc2)nc2cccc(C)n12. The van der Waals surface area contributed by atoms with Gasteiger partial charge in [0.2, 0.25) is 0 Å². The number of aliphatic hydroxyl groups excluding tert-OH is 1. The van der Waals surface area contributed by atoms with Crippen molar-refractivity contribution in [1.29, 1.82) is 0 Å². The van der Waals surface area contributed by atoms with Crippen LogP contribution in [0.3, 0.4) is 0 Å². The highest BCUT2D eigenvalue weighted by Gasteiger charge is 2.20. The van der Waals surface area contributed by atoms with E-state index in [0.717, 1.165) is 28.3 Å². The fourth-order valence-corrected chi connectivity index (χ4v) is 2.50. The Balaban J connectivity index is 2.34. The Morgan fingerprint density at radius 2 is 2.10 bits per heavy atom. The van der Waals surface area contributed by atoms with E-state index in [0.29, 0.717) is 6.42 Å². The maximum absolute atomic E-state index is 10.4. The summed E-state index contributed by atoms with van der Waals surface area (Å²) in [4.78, 5) is 8.82. The van der Waals surface area contributed by atoms with Crippen molar-refractivity contribution in [2.24, 2.45) is 0 Å². The van der Waals surface area contributed by atoms with E-state index < -0.39 is 6.10 Å². The molecule has 20 heavy (non-hydrogen) atoms. The minimum atomic E-state index is -0.540. The Morgan fingerprint density at radius 1 is 1.25 bits per heavy atom. The first-order valence-corrected chi connectivity index (χ1v) is 6.78.